The van der Waals surface area contributed by atoms with Crippen LogP contribution in [0.3, 0.4) is 0 Å². The minimum Gasteiger partial charge on any atom is -0.461 e. The number of aldehydes is 1. The minimum absolute atomic E-state index is 0.0755. The highest BCUT2D eigenvalue weighted by molar-refractivity contribution is 6.21. The third-order valence-electron chi connectivity index (χ3n) is 5.16. The van der Waals surface area contributed by atoms with Crippen LogP contribution in [0, 0.1) is 11.8 Å². The molecule has 27 heavy (non-hydrogen) atoms. The maximum absolute atomic E-state index is 11.6. The highest BCUT2D eigenvalue weighted by atomic mass is 35.5. The molecule has 2 aliphatic rings. The Morgan fingerprint density at radius 2 is 2.15 bits per heavy atom. The lowest BCUT2D eigenvalue weighted by Gasteiger charge is -2.28. The summed E-state index contributed by atoms with van der Waals surface area (Å²) in [5.41, 5.74) is 0. The van der Waals surface area contributed by atoms with Crippen LogP contribution in [0.25, 0.3) is 0 Å². The molecule has 1 aliphatic carbocycles. The predicted molar refractivity (Wildman–Crippen MR) is 105 cm³/mol. The lowest BCUT2D eigenvalue weighted by atomic mass is 9.92. The summed E-state index contributed by atoms with van der Waals surface area (Å²) in [4.78, 5) is 23.0. The molecule has 2 rings (SSSR count). The Balaban J connectivity index is 1.71. The van der Waals surface area contributed by atoms with E-state index in [9.17, 15) is 9.59 Å². The molecule has 0 amide bonds. The Labute approximate surface area is 167 Å². The average molecular weight is 399 g/mol. The molecule has 152 valence electrons. The van der Waals surface area contributed by atoms with Crippen LogP contribution in [0.15, 0.2) is 24.8 Å². The van der Waals surface area contributed by atoms with Crippen molar-refractivity contribution < 1.29 is 23.8 Å². The van der Waals surface area contributed by atoms with Crippen LogP contribution in [0.4, 0.5) is 0 Å². The quantitative estimate of drug-likeness (QED) is 0.172. The van der Waals surface area contributed by atoms with E-state index < -0.39 is 0 Å². The molecule has 0 spiro atoms. The molecule has 0 bridgehead atoms. The fraction of sp³-hybridized carbons (Fsp3) is 0.714. The Morgan fingerprint density at radius 3 is 2.85 bits per heavy atom. The van der Waals surface area contributed by atoms with Crippen LogP contribution >= 0.6 is 11.6 Å². The number of esters is 1. The molecule has 1 unspecified atom stereocenters. The first-order valence-corrected chi connectivity index (χ1v) is 10.4. The van der Waals surface area contributed by atoms with Crippen molar-refractivity contribution in [3.8, 4) is 0 Å². The number of carbonyl (C=O) groups is 2. The molecule has 0 aromatic rings. The van der Waals surface area contributed by atoms with Crippen LogP contribution in [0.2, 0.25) is 0 Å². The molecule has 2 fully saturated rings. The molecular formula is C21H31ClO5. The van der Waals surface area contributed by atoms with Gasteiger partial charge in [-0.2, -0.15) is 0 Å². The van der Waals surface area contributed by atoms with Gasteiger partial charge >= 0.3 is 5.97 Å². The van der Waals surface area contributed by atoms with Crippen molar-refractivity contribution in [2.24, 2.45) is 11.8 Å². The summed E-state index contributed by atoms with van der Waals surface area (Å²) in [6, 6.07) is 0. The van der Waals surface area contributed by atoms with E-state index in [2.05, 4.69) is 12.7 Å². The zero-order valence-corrected chi connectivity index (χ0v) is 16.6. The van der Waals surface area contributed by atoms with Crippen molar-refractivity contribution in [2.75, 3.05) is 13.2 Å². The second-order valence-electron chi connectivity index (χ2n) is 7.17. The standard InChI is InChI=1S/C21H31ClO5/c1-2-12-25-20(24)10-6-4-3-5-9-16-17(15-23)19(14-18(16)22)27-21-11-7-8-13-26-21/h2-3,5,15-19,21H,1,4,6-14H2/t16-,17-,18-,19-,21?/m1/s1. The molecule has 0 aromatic heterocycles. The smallest absolute Gasteiger partial charge is 0.306 e. The minimum atomic E-state index is -0.204. The van der Waals surface area contributed by atoms with E-state index in [1.165, 1.54) is 0 Å². The first-order valence-electron chi connectivity index (χ1n) is 9.93. The molecule has 0 N–H and O–H groups in total. The third kappa shape index (κ3) is 7.40. The van der Waals surface area contributed by atoms with Crippen molar-refractivity contribution in [2.45, 2.75) is 69.1 Å². The average Bonchev–Trinajstić information content (AvgIpc) is 2.97. The highest BCUT2D eigenvalue weighted by Gasteiger charge is 2.43. The Kier molecular flexibility index (Phi) is 10.1. The summed E-state index contributed by atoms with van der Waals surface area (Å²) in [6.07, 6.45) is 12.7. The molecule has 0 radical (unpaired) electrons. The largest absolute Gasteiger partial charge is 0.461 e. The number of hydrogen-bond acceptors (Lipinski definition) is 5. The molecule has 1 aliphatic heterocycles. The summed E-state index contributed by atoms with van der Waals surface area (Å²) in [5, 5.41) is -0.0766. The maximum atomic E-state index is 11.6. The van der Waals surface area contributed by atoms with E-state index >= 15 is 0 Å². The van der Waals surface area contributed by atoms with Gasteiger partial charge in [-0.3, -0.25) is 4.79 Å². The van der Waals surface area contributed by atoms with E-state index in [-0.39, 0.29) is 42.2 Å². The topological polar surface area (TPSA) is 61.8 Å². The number of allylic oxidation sites excluding steroid dienone is 2. The zero-order chi connectivity index (χ0) is 19.5. The second kappa shape index (κ2) is 12.3. The molecule has 0 aromatic carbocycles. The van der Waals surface area contributed by atoms with Gasteiger partial charge in [0, 0.05) is 24.3 Å². The predicted octanol–water partition coefficient (Wildman–Crippen LogP) is 4.19. The van der Waals surface area contributed by atoms with Crippen molar-refractivity contribution in [1.82, 2.24) is 0 Å². The Morgan fingerprint density at radius 1 is 1.30 bits per heavy atom. The molecule has 6 heteroatoms. The summed E-state index contributed by atoms with van der Waals surface area (Å²) < 4.78 is 16.6. The Bertz CT molecular complexity index is 501. The van der Waals surface area contributed by atoms with Crippen LogP contribution in [0.5, 0.6) is 0 Å². The lowest BCUT2D eigenvalue weighted by molar-refractivity contribution is -0.194. The number of unbranched alkanes of at least 4 members (excludes halogenated alkanes) is 1. The molecule has 1 saturated carbocycles. The maximum Gasteiger partial charge on any atom is 0.306 e. The van der Waals surface area contributed by atoms with Gasteiger partial charge in [-0.1, -0.05) is 24.8 Å². The normalized spacial score (nSPS) is 31.1. The number of hydrogen-bond donors (Lipinski definition) is 0. The number of ether oxygens (including phenoxy) is 3. The first kappa shape index (κ1) is 22.1. The molecule has 1 heterocycles. The van der Waals surface area contributed by atoms with Crippen molar-refractivity contribution in [1.29, 1.82) is 0 Å². The fourth-order valence-corrected chi connectivity index (χ4v) is 4.13. The van der Waals surface area contributed by atoms with Gasteiger partial charge < -0.3 is 19.0 Å². The van der Waals surface area contributed by atoms with Crippen LogP contribution in [-0.2, 0) is 23.8 Å². The van der Waals surface area contributed by atoms with Gasteiger partial charge in [-0.05, 0) is 50.9 Å². The monoisotopic (exact) mass is 398 g/mol. The summed E-state index contributed by atoms with van der Waals surface area (Å²) in [7, 11) is 0. The van der Waals surface area contributed by atoms with E-state index in [1.54, 1.807) is 6.08 Å². The SMILES string of the molecule is C=CCOC(=O)CCCC=CC[C@@H]1[C@@H](C=O)[C@H](OC2CCCCO2)C[C@H]1Cl. The molecule has 5 atom stereocenters. The van der Waals surface area contributed by atoms with Gasteiger partial charge in [0.25, 0.3) is 0 Å². The van der Waals surface area contributed by atoms with Crippen LogP contribution < -0.4 is 0 Å². The Hall–Kier alpha value is -1.17. The summed E-state index contributed by atoms with van der Waals surface area (Å²) in [5.74, 6) is -0.325. The van der Waals surface area contributed by atoms with Gasteiger partial charge in [-0.15, -0.1) is 11.6 Å². The zero-order valence-electron chi connectivity index (χ0n) is 15.9. The van der Waals surface area contributed by atoms with Crippen LogP contribution in [-0.4, -0.2) is 43.2 Å². The molecule has 5 nitrogen and oxygen atoms in total. The van der Waals surface area contributed by atoms with Gasteiger partial charge in [0.2, 0.25) is 0 Å². The van der Waals surface area contributed by atoms with Gasteiger partial charge in [-0.25, -0.2) is 0 Å². The van der Waals surface area contributed by atoms with Crippen molar-refractivity contribution in [3.05, 3.63) is 24.8 Å². The lowest BCUT2D eigenvalue weighted by Crippen LogP contribution is -2.31. The van der Waals surface area contributed by atoms with Gasteiger partial charge in [0.15, 0.2) is 6.29 Å². The molecular weight excluding hydrogens is 368 g/mol. The highest BCUT2D eigenvalue weighted by Crippen LogP contribution is 2.40. The fourth-order valence-electron chi connectivity index (χ4n) is 3.68. The molecule has 1 saturated heterocycles. The van der Waals surface area contributed by atoms with Gasteiger partial charge in [0.1, 0.15) is 12.9 Å². The van der Waals surface area contributed by atoms with E-state index in [0.29, 0.717) is 12.8 Å². The van der Waals surface area contributed by atoms with Gasteiger partial charge in [0.05, 0.1) is 6.10 Å². The van der Waals surface area contributed by atoms with E-state index in [4.69, 9.17) is 25.8 Å². The first-order chi connectivity index (χ1) is 13.2. The third-order valence-corrected chi connectivity index (χ3v) is 5.66. The number of carbonyl (C=O) groups excluding carboxylic acids is 2. The summed E-state index contributed by atoms with van der Waals surface area (Å²) in [6.45, 7) is 4.49. The number of rotatable bonds is 11. The van der Waals surface area contributed by atoms with E-state index in [0.717, 1.165) is 51.4 Å². The second-order valence-corrected chi connectivity index (χ2v) is 7.73. The number of halogens is 1. The van der Waals surface area contributed by atoms with Crippen molar-refractivity contribution in [3.63, 3.8) is 0 Å². The number of alkyl halides is 1. The summed E-state index contributed by atoms with van der Waals surface area (Å²) >= 11 is 6.51. The van der Waals surface area contributed by atoms with E-state index in [1.807, 2.05) is 6.08 Å². The van der Waals surface area contributed by atoms with Crippen LogP contribution in [0.1, 0.15) is 51.4 Å². The van der Waals surface area contributed by atoms with Crippen molar-refractivity contribution >= 4 is 23.9 Å².